The maximum Gasteiger partial charge on any atom is 0.236 e. The number of pyridine rings is 1. The number of rotatable bonds is 4. The number of nitrogens with zero attached hydrogens (tertiary/aromatic N) is 4. The fraction of sp³-hybridized carbons (Fsp3) is 0.522. The highest BCUT2D eigenvalue weighted by Crippen LogP contribution is 2.23. The summed E-state index contributed by atoms with van der Waals surface area (Å²) in [5, 5.41) is 1.11. The first-order chi connectivity index (χ1) is 14.5. The van der Waals surface area contributed by atoms with Crippen molar-refractivity contribution in [2.75, 3.05) is 59.0 Å². The van der Waals surface area contributed by atoms with E-state index in [1.807, 2.05) is 34.9 Å². The van der Waals surface area contributed by atoms with Gasteiger partial charge in [0.25, 0.3) is 0 Å². The average molecular weight is 411 g/mol. The molecule has 2 aliphatic rings. The van der Waals surface area contributed by atoms with Gasteiger partial charge in [0.2, 0.25) is 11.8 Å². The summed E-state index contributed by atoms with van der Waals surface area (Å²) in [6.45, 7) is 9.87. The lowest BCUT2D eigenvalue weighted by atomic mass is 9.99. The molecule has 1 aromatic heterocycles. The Balaban J connectivity index is 1.34. The van der Waals surface area contributed by atoms with Crippen molar-refractivity contribution in [2.45, 2.75) is 20.3 Å². The van der Waals surface area contributed by atoms with Crippen LogP contribution in [0, 0.1) is 13.8 Å². The van der Waals surface area contributed by atoms with E-state index in [4.69, 9.17) is 9.72 Å². The number of carbonyl (C=O) groups excluding carboxylic acids is 2. The van der Waals surface area contributed by atoms with Gasteiger partial charge in [0, 0.05) is 50.3 Å². The lowest BCUT2D eigenvalue weighted by molar-refractivity contribution is -0.137. The van der Waals surface area contributed by atoms with Crippen molar-refractivity contribution in [1.82, 2.24) is 19.7 Å². The molecule has 2 saturated heterocycles. The van der Waals surface area contributed by atoms with Gasteiger partial charge in [0.15, 0.2) is 0 Å². The van der Waals surface area contributed by atoms with Crippen LogP contribution in [0.15, 0.2) is 24.3 Å². The first-order valence-electron chi connectivity index (χ1n) is 10.7. The van der Waals surface area contributed by atoms with E-state index in [-0.39, 0.29) is 11.8 Å². The Morgan fingerprint density at radius 3 is 2.33 bits per heavy atom. The van der Waals surface area contributed by atoms with Crippen molar-refractivity contribution in [2.24, 2.45) is 0 Å². The second-order valence-corrected chi connectivity index (χ2v) is 8.14. The predicted molar refractivity (Wildman–Crippen MR) is 115 cm³/mol. The standard InChI is InChI=1S/C23H30N4O3/c1-17-19-5-3-4-6-21(19)24-18(2)20(17)15-22(28)26-9-7-25(8-10-26)16-23(29)27-11-13-30-14-12-27/h3-6H,7-16H2,1-2H3. The normalized spacial score (nSPS) is 18.1. The molecule has 3 heterocycles. The molecule has 7 nitrogen and oxygen atoms in total. The maximum absolute atomic E-state index is 13.0. The summed E-state index contributed by atoms with van der Waals surface area (Å²) in [5.74, 6) is 0.295. The summed E-state index contributed by atoms with van der Waals surface area (Å²) in [6, 6.07) is 8.07. The zero-order valence-corrected chi connectivity index (χ0v) is 17.9. The van der Waals surface area contributed by atoms with Gasteiger partial charge in [-0.2, -0.15) is 0 Å². The van der Waals surface area contributed by atoms with Gasteiger partial charge in [-0.1, -0.05) is 18.2 Å². The summed E-state index contributed by atoms with van der Waals surface area (Å²) in [4.78, 5) is 36.1. The number of morpholine rings is 1. The number of ether oxygens (including phenoxy) is 1. The zero-order valence-electron chi connectivity index (χ0n) is 17.9. The van der Waals surface area contributed by atoms with Gasteiger partial charge in [-0.15, -0.1) is 0 Å². The van der Waals surface area contributed by atoms with E-state index in [1.54, 1.807) is 0 Å². The highest BCUT2D eigenvalue weighted by Gasteiger charge is 2.25. The predicted octanol–water partition coefficient (Wildman–Crippen LogP) is 1.40. The third kappa shape index (κ3) is 4.47. The van der Waals surface area contributed by atoms with Crippen molar-refractivity contribution in [3.63, 3.8) is 0 Å². The highest BCUT2D eigenvalue weighted by atomic mass is 16.5. The first-order valence-corrected chi connectivity index (χ1v) is 10.7. The van der Waals surface area contributed by atoms with E-state index < -0.39 is 0 Å². The Morgan fingerprint density at radius 2 is 1.60 bits per heavy atom. The van der Waals surface area contributed by atoms with Gasteiger partial charge < -0.3 is 14.5 Å². The van der Waals surface area contributed by atoms with E-state index in [2.05, 4.69) is 17.9 Å². The van der Waals surface area contributed by atoms with Gasteiger partial charge in [-0.25, -0.2) is 0 Å². The van der Waals surface area contributed by atoms with Crippen LogP contribution in [0.25, 0.3) is 10.9 Å². The summed E-state index contributed by atoms with van der Waals surface area (Å²) >= 11 is 0. The molecule has 0 saturated carbocycles. The van der Waals surface area contributed by atoms with E-state index in [0.717, 1.165) is 40.8 Å². The highest BCUT2D eigenvalue weighted by molar-refractivity contribution is 5.86. The number of hydrogen-bond donors (Lipinski definition) is 0. The third-order valence-electron chi connectivity index (χ3n) is 6.26. The maximum atomic E-state index is 13.0. The van der Waals surface area contributed by atoms with Crippen LogP contribution < -0.4 is 0 Å². The SMILES string of the molecule is Cc1nc2ccccc2c(C)c1CC(=O)N1CCN(CC(=O)N2CCOCC2)CC1. The van der Waals surface area contributed by atoms with Crippen LogP contribution in [0.5, 0.6) is 0 Å². The molecule has 2 amide bonds. The summed E-state index contributed by atoms with van der Waals surface area (Å²) < 4.78 is 5.31. The topological polar surface area (TPSA) is 66.0 Å². The molecule has 0 aliphatic carbocycles. The van der Waals surface area contributed by atoms with E-state index >= 15 is 0 Å². The molecular formula is C23H30N4O3. The van der Waals surface area contributed by atoms with Crippen molar-refractivity contribution in [3.05, 3.63) is 41.1 Å². The molecule has 2 fully saturated rings. The van der Waals surface area contributed by atoms with Crippen LogP contribution in [-0.4, -0.2) is 90.5 Å². The number of para-hydroxylation sites is 1. The lowest BCUT2D eigenvalue weighted by Crippen LogP contribution is -2.53. The van der Waals surface area contributed by atoms with E-state index in [9.17, 15) is 9.59 Å². The smallest absolute Gasteiger partial charge is 0.236 e. The molecule has 0 atom stereocenters. The van der Waals surface area contributed by atoms with Gasteiger partial charge in [0.05, 0.1) is 31.7 Å². The lowest BCUT2D eigenvalue weighted by Gasteiger charge is -2.36. The molecule has 0 N–H and O–H groups in total. The number of benzene rings is 1. The fourth-order valence-electron chi connectivity index (χ4n) is 4.35. The van der Waals surface area contributed by atoms with Gasteiger partial charge in [-0.3, -0.25) is 19.5 Å². The van der Waals surface area contributed by atoms with Crippen molar-refractivity contribution >= 4 is 22.7 Å². The van der Waals surface area contributed by atoms with Crippen LogP contribution in [0.2, 0.25) is 0 Å². The Labute approximate surface area is 177 Å². The van der Waals surface area contributed by atoms with E-state index in [1.165, 1.54) is 0 Å². The minimum atomic E-state index is 0.137. The Morgan fingerprint density at radius 1 is 0.933 bits per heavy atom. The summed E-state index contributed by atoms with van der Waals surface area (Å²) in [7, 11) is 0. The van der Waals surface area contributed by atoms with Gasteiger partial charge in [-0.05, 0) is 31.0 Å². The van der Waals surface area contributed by atoms with Gasteiger partial charge >= 0.3 is 0 Å². The molecule has 0 bridgehead atoms. The molecule has 4 rings (SSSR count). The average Bonchev–Trinajstić information content (AvgIpc) is 2.77. The zero-order chi connectivity index (χ0) is 21.1. The number of carbonyl (C=O) groups is 2. The monoisotopic (exact) mass is 410 g/mol. The molecular weight excluding hydrogens is 380 g/mol. The van der Waals surface area contributed by atoms with Gasteiger partial charge in [0.1, 0.15) is 0 Å². The molecule has 7 heteroatoms. The molecule has 160 valence electrons. The number of piperazine rings is 1. The molecule has 1 aromatic carbocycles. The Kier molecular flexibility index (Phi) is 6.29. The second kappa shape index (κ2) is 9.10. The second-order valence-electron chi connectivity index (χ2n) is 8.14. The number of aryl methyl sites for hydroxylation is 2. The Hall–Kier alpha value is -2.51. The number of amides is 2. The van der Waals surface area contributed by atoms with Crippen LogP contribution in [0.4, 0.5) is 0 Å². The Bertz CT molecular complexity index is 931. The summed E-state index contributed by atoms with van der Waals surface area (Å²) in [6.07, 6.45) is 0.377. The number of hydrogen-bond acceptors (Lipinski definition) is 5. The molecule has 0 unspecified atom stereocenters. The largest absolute Gasteiger partial charge is 0.378 e. The minimum Gasteiger partial charge on any atom is -0.378 e. The van der Waals surface area contributed by atoms with Crippen LogP contribution in [0.1, 0.15) is 16.8 Å². The van der Waals surface area contributed by atoms with Crippen LogP contribution in [-0.2, 0) is 20.7 Å². The first kappa shape index (κ1) is 20.8. The summed E-state index contributed by atoms with van der Waals surface area (Å²) in [5.41, 5.74) is 4.07. The van der Waals surface area contributed by atoms with E-state index in [0.29, 0.717) is 52.4 Å². The van der Waals surface area contributed by atoms with Crippen molar-refractivity contribution < 1.29 is 14.3 Å². The van der Waals surface area contributed by atoms with Crippen LogP contribution in [0.3, 0.4) is 0 Å². The molecule has 2 aromatic rings. The molecule has 2 aliphatic heterocycles. The molecule has 0 spiro atoms. The minimum absolute atomic E-state index is 0.137. The quantitative estimate of drug-likeness (QED) is 0.762. The molecule has 0 radical (unpaired) electrons. The van der Waals surface area contributed by atoms with Crippen LogP contribution >= 0.6 is 0 Å². The number of aromatic nitrogens is 1. The molecule has 30 heavy (non-hydrogen) atoms. The third-order valence-corrected chi connectivity index (χ3v) is 6.26. The fourth-order valence-corrected chi connectivity index (χ4v) is 4.35. The van der Waals surface area contributed by atoms with Crippen molar-refractivity contribution in [3.8, 4) is 0 Å². The number of fused-ring (bicyclic) bond motifs is 1. The van der Waals surface area contributed by atoms with Crippen molar-refractivity contribution in [1.29, 1.82) is 0 Å².